The van der Waals surface area contributed by atoms with Crippen molar-refractivity contribution in [1.29, 1.82) is 0 Å². The Morgan fingerprint density at radius 1 is 1.36 bits per heavy atom. The van der Waals surface area contributed by atoms with Gasteiger partial charge in [-0.25, -0.2) is 4.79 Å². The maximum absolute atomic E-state index is 12.1. The summed E-state index contributed by atoms with van der Waals surface area (Å²) in [6.45, 7) is 2.01. The zero-order valence-electron chi connectivity index (χ0n) is 12.5. The number of thiophene rings is 1. The van der Waals surface area contributed by atoms with Crippen molar-refractivity contribution in [2.24, 2.45) is 5.92 Å². The van der Waals surface area contributed by atoms with Gasteiger partial charge in [0.25, 0.3) is 0 Å². The van der Waals surface area contributed by atoms with E-state index in [9.17, 15) is 9.59 Å². The van der Waals surface area contributed by atoms with Crippen LogP contribution < -0.4 is 10.6 Å². The minimum Gasteiger partial charge on any atom is -0.481 e. The minimum absolute atomic E-state index is 0.0483. The lowest BCUT2D eigenvalue weighted by Crippen LogP contribution is -2.45. The highest BCUT2D eigenvalue weighted by molar-refractivity contribution is 7.16. The molecule has 2 amide bonds. The number of rotatable bonds is 5. The first-order chi connectivity index (χ1) is 10.5. The van der Waals surface area contributed by atoms with Gasteiger partial charge in [-0.15, -0.1) is 11.3 Å². The van der Waals surface area contributed by atoms with E-state index in [2.05, 4.69) is 10.6 Å². The van der Waals surface area contributed by atoms with Gasteiger partial charge in [0, 0.05) is 10.9 Å². The van der Waals surface area contributed by atoms with Gasteiger partial charge in [-0.2, -0.15) is 0 Å². The van der Waals surface area contributed by atoms with E-state index in [1.54, 1.807) is 0 Å². The van der Waals surface area contributed by atoms with Crippen molar-refractivity contribution in [1.82, 2.24) is 10.6 Å². The summed E-state index contributed by atoms with van der Waals surface area (Å²) < 4.78 is 0.711. The van der Waals surface area contributed by atoms with Gasteiger partial charge < -0.3 is 15.7 Å². The second-order valence-electron chi connectivity index (χ2n) is 5.61. The summed E-state index contributed by atoms with van der Waals surface area (Å²) >= 11 is 7.40. The van der Waals surface area contributed by atoms with E-state index in [4.69, 9.17) is 16.7 Å². The molecule has 1 aromatic rings. The van der Waals surface area contributed by atoms with Gasteiger partial charge in [-0.3, -0.25) is 4.79 Å². The number of hydrogen-bond donors (Lipinski definition) is 3. The smallest absolute Gasteiger partial charge is 0.315 e. The third-order valence-electron chi connectivity index (χ3n) is 4.06. The summed E-state index contributed by atoms with van der Waals surface area (Å²) in [4.78, 5) is 24.1. The van der Waals surface area contributed by atoms with Gasteiger partial charge in [0.2, 0.25) is 0 Å². The van der Waals surface area contributed by atoms with Gasteiger partial charge in [0.15, 0.2) is 0 Å². The van der Waals surface area contributed by atoms with E-state index < -0.39 is 5.97 Å². The average Bonchev–Trinajstić information content (AvgIpc) is 2.91. The predicted octanol–water partition coefficient (Wildman–Crippen LogP) is 3.80. The van der Waals surface area contributed by atoms with Gasteiger partial charge in [-0.1, -0.05) is 18.5 Å². The monoisotopic (exact) mass is 344 g/mol. The predicted molar refractivity (Wildman–Crippen MR) is 87.4 cm³/mol. The van der Waals surface area contributed by atoms with E-state index in [0.717, 1.165) is 11.3 Å². The number of carbonyl (C=O) groups excluding carboxylic acids is 1. The number of amides is 2. The molecule has 0 aromatic carbocycles. The van der Waals surface area contributed by atoms with Crippen LogP contribution in [0.25, 0.3) is 0 Å². The molecule has 2 rings (SSSR count). The van der Waals surface area contributed by atoms with Crippen molar-refractivity contribution in [3.63, 3.8) is 0 Å². The molecule has 5 nitrogen and oxygen atoms in total. The Morgan fingerprint density at radius 3 is 2.55 bits per heavy atom. The highest BCUT2D eigenvalue weighted by atomic mass is 35.5. The molecule has 1 aliphatic carbocycles. The Balaban J connectivity index is 1.81. The lowest BCUT2D eigenvalue weighted by molar-refractivity contribution is -0.142. The Hall–Kier alpha value is -1.27. The molecule has 1 heterocycles. The van der Waals surface area contributed by atoms with Crippen molar-refractivity contribution in [3.8, 4) is 0 Å². The summed E-state index contributed by atoms with van der Waals surface area (Å²) in [6, 6.07) is 3.57. The standard InChI is InChI=1S/C15H21ClN2O3S/c1-2-11(12-7-8-13(16)22-12)18-15(21)17-10-5-3-9(4-6-10)14(19)20/h7-11H,2-6H2,1H3,(H,19,20)(H2,17,18,21). The summed E-state index contributed by atoms with van der Waals surface area (Å²) in [5.41, 5.74) is 0. The number of halogens is 1. The van der Waals surface area contributed by atoms with Crippen LogP contribution in [0.3, 0.4) is 0 Å². The van der Waals surface area contributed by atoms with Crippen molar-refractivity contribution in [2.45, 2.75) is 51.1 Å². The van der Waals surface area contributed by atoms with Crippen molar-refractivity contribution in [3.05, 3.63) is 21.3 Å². The summed E-state index contributed by atoms with van der Waals surface area (Å²) in [5.74, 6) is -0.999. The van der Waals surface area contributed by atoms with Crippen LogP contribution in [0, 0.1) is 5.92 Å². The van der Waals surface area contributed by atoms with Crippen LogP contribution in [0.5, 0.6) is 0 Å². The molecule has 1 unspecified atom stereocenters. The molecule has 122 valence electrons. The zero-order chi connectivity index (χ0) is 16.1. The Morgan fingerprint density at radius 2 is 2.05 bits per heavy atom. The molecule has 0 spiro atoms. The Kier molecular flexibility index (Phi) is 6.08. The molecule has 1 saturated carbocycles. The van der Waals surface area contributed by atoms with Crippen molar-refractivity contribution < 1.29 is 14.7 Å². The maximum atomic E-state index is 12.1. The normalized spacial score (nSPS) is 22.8. The first-order valence-electron chi connectivity index (χ1n) is 7.54. The number of carbonyl (C=O) groups is 2. The largest absolute Gasteiger partial charge is 0.481 e. The second kappa shape index (κ2) is 7.83. The summed E-state index contributed by atoms with van der Waals surface area (Å²) in [5, 5.41) is 14.9. The van der Waals surface area contributed by atoms with Crippen LogP contribution in [0.4, 0.5) is 4.79 Å². The fraction of sp³-hybridized carbons (Fsp3) is 0.600. The lowest BCUT2D eigenvalue weighted by Gasteiger charge is -2.27. The maximum Gasteiger partial charge on any atom is 0.315 e. The fourth-order valence-electron chi connectivity index (χ4n) is 2.76. The van der Waals surface area contributed by atoms with Crippen LogP contribution >= 0.6 is 22.9 Å². The molecule has 22 heavy (non-hydrogen) atoms. The molecule has 0 radical (unpaired) electrons. The average molecular weight is 345 g/mol. The van der Waals surface area contributed by atoms with E-state index in [1.165, 1.54) is 11.3 Å². The second-order valence-corrected chi connectivity index (χ2v) is 7.35. The van der Waals surface area contributed by atoms with Crippen LogP contribution in [-0.2, 0) is 4.79 Å². The molecule has 1 fully saturated rings. The molecule has 0 aliphatic heterocycles. The highest BCUT2D eigenvalue weighted by Gasteiger charge is 2.27. The van der Waals surface area contributed by atoms with E-state index in [0.29, 0.717) is 30.0 Å². The summed E-state index contributed by atoms with van der Waals surface area (Å²) in [6.07, 6.45) is 3.46. The van der Waals surface area contributed by atoms with Gasteiger partial charge >= 0.3 is 12.0 Å². The van der Waals surface area contributed by atoms with Crippen LogP contribution in [0.1, 0.15) is 49.9 Å². The number of carboxylic acids is 1. The highest BCUT2D eigenvalue weighted by Crippen LogP contribution is 2.29. The molecule has 0 bridgehead atoms. The number of urea groups is 1. The quantitative estimate of drug-likeness (QED) is 0.760. The third kappa shape index (κ3) is 4.61. The molecule has 1 aromatic heterocycles. The van der Waals surface area contributed by atoms with E-state index in [-0.39, 0.29) is 24.0 Å². The topological polar surface area (TPSA) is 78.4 Å². The van der Waals surface area contributed by atoms with Crippen molar-refractivity contribution in [2.75, 3.05) is 0 Å². The lowest BCUT2D eigenvalue weighted by atomic mass is 9.86. The molecule has 0 saturated heterocycles. The Labute approximate surface area is 139 Å². The first-order valence-corrected chi connectivity index (χ1v) is 8.74. The van der Waals surface area contributed by atoms with E-state index in [1.807, 2.05) is 19.1 Å². The zero-order valence-corrected chi connectivity index (χ0v) is 14.0. The van der Waals surface area contributed by atoms with Crippen molar-refractivity contribution >= 4 is 34.9 Å². The first kappa shape index (κ1) is 17.1. The summed E-state index contributed by atoms with van der Waals surface area (Å²) in [7, 11) is 0. The SMILES string of the molecule is CCC(NC(=O)NC1CCC(C(=O)O)CC1)c1ccc(Cl)s1. The van der Waals surface area contributed by atoms with Crippen LogP contribution in [-0.4, -0.2) is 23.1 Å². The molecular weight excluding hydrogens is 324 g/mol. The number of carboxylic acid groups (broad SMARTS) is 1. The number of aliphatic carboxylic acids is 1. The number of nitrogens with one attached hydrogen (secondary N) is 2. The fourth-order valence-corrected chi connectivity index (χ4v) is 3.96. The minimum atomic E-state index is -0.733. The van der Waals surface area contributed by atoms with Crippen LogP contribution in [0.15, 0.2) is 12.1 Å². The molecule has 1 aliphatic rings. The number of hydrogen-bond acceptors (Lipinski definition) is 3. The third-order valence-corrected chi connectivity index (χ3v) is 5.41. The molecule has 3 N–H and O–H groups in total. The molecule has 1 atom stereocenters. The van der Waals surface area contributed by atoms with Gasteiger partial charge in [0.1, 0.15) is 0 Å². The molecular formula is C15H21ClN2O3S. The van der Waals surface area contributed by atoms with Gasteiger partial charge in [-0.05, 0) is 44.2 Å². The molecule has 7 heteroatoms. The van der Waals surface area contributed by atoms with E-state index >= 15 is 0 Å². The van der Waals surface area contributed by atoms with Gasteiger partial charge in [0.05, 0.1) is 16.3 Å². The van der Waals surface area contributed by atoms with Crippen LogP contribution in [0.2, 0.25) is 4.34 Å². The Bertz CT molecular complexity index is 527.